The second-order valence-corrected chi connectivity index (χ2v) is 23.8. The maximum absolute atomic E-state index is 13.0. The van der Waals surface area contributed by atoms with Gasteiger partial charge in [-0.1, -0.05) is 352 Å². The van der Waals surface area contributed by atoms with Crippen molar-refractivity contribution in [3.63, 3.8) is 0 Å². The van der Waals surface area contributed by atoms with Crippen molar-refractivity contribution in [2.75, 3.05) is 13.2 Å². The van der Waals surface area contributed by atoms with E-state index in [1.807, 2.05) is 0 Å². The molecule has 0 spiro atoms. The largest absolute Gasteiger partial charge is 0.462 e. The van der Waals surface area contributed by atoms with Crippen LogP contribution < -0.4 is 0 Å². The second-order valence-electron chi connectivity index (χ2n) is 23.8. The molecule has 0 N–H and O–H groups in total. The highest BCUT2D eigenvalue weighted by Crippen LogP contribution is 2.19. The molecule has 0 radical (unpaired) electrons. The van der Waals surface area contributed by atoms with Gasteiger partial charge in [-0.2, -0.15) is 0 Å². The molecule has 0 rings (SSSR count). The zero-order valence-electron chi connectivity index (χ0n) is 53.2. The first kappa shape index (κ1) is 76.4. The summed E-state index contributed by atoms with van der Waals surface area (Å²) in [5.74, 6) is -0.871. The number of carbonyl (C=O) groups excluding carboxylic acids is 3. The molecule has 0 heterocycles. The average Bonchev–Trinajstić information content (AvgIpc) is 3.45. The van der Waals surface area contributed by atoms with Gasteiger partial charge in [0.1, 0.15) is 13.2 Å². The number of ether oxygens (including phenoxy) is 3. The minimum atomic E-state index is -0.782. The van der Waals surface area contributed by atoms with Crippen LogP contribution >= 0.6 is 0 Å². The molecule has 1 atom stereocenters. The van der Waals surface area contributed by atoms with E-state index in [2.05, 4.69) is 69.4 Å². The van der Waals surface area contributed by atoms with Gasteiger partial charge in [-0.25, -0.2) is 0 Å². The Kier molecular flexibility index (Phi) is 65.6. The Hall–Kier alpha value is -2.63. The molecule has 0 bridgehead atoms. The first-order valence-electron chi connectivity index (χ1n) is 35.1. The Balaban J connectivity index is 4.32. The molecule has 0 fully saturated rings. The Morgan fingerprint density at radius 2 is 0.494 bits per heavy atom. The second kappa shape index (κ2) is 67.9. The summed E-state index contributed by atoms with van der Waals surface area (Å²) in [5.41, 5.74) is 0. The summed E-state index contributed by atoms with van der Waals surface area (Å²) in [5, 5.41) is 0. The van der Waals surface area contributed by atoms with Gasteiger partial charge in [0.25, 0.3) is 0 Å². The monoisotopic (exact) mass is 1110 g/mol. The molecule has 0 amide bonds. The number of hydrogen-bond donors (Lipinski definition) is 0. The molecule has 0 aliphatic heterocycles. The van der Waals surface area contributed by atoms with Gasteiger partial charge in [0.15, 0.2) is 6.10 Å². The van der Waals surface area contributed by atoms with Gasteiger partial charge in [0.2, 0.25) is 0 Å². The molecule has 0 aliphatic rings. The molecule has 79 heavy (non-hydrogen) atoms. The molecule has 6 heteroatoms. The number of hydrogen-bond acceptors (Lipinski definition) is 6. The average molecular weight is 1110 g/mol. The highest BCUT2D eigenvalue weighted by Gasteiger charge is 2.19. The lowest BCUT2D eigenvalue weighted by atomic mass is 10.0. The topological polar surface area (TPSA) is 78.9 Å². The summed E-state index contributed by atoms with van der Waals surface area (Å²) < 4.78 is 17.0. The lowest BCUT2D eigenvalue weighted by molar-refractivity contribution is -0.167. The van der Waals surface area contributed by atoms with Crippen molar-refractivity contribution in [3.05, 3.63) is 48.6 Å². The van der Waals surface area contributed by atoms with Gasteiger partial charge < -0.3 is 14.2 Å². The molecule has 462 valence electrons. The van der Waals surface area contributed by atoms with Gasteiger partial charge in [-0.3, -0.25) is 14.4 Å². The van der Waals surface area contributed by atoms with Crippen LogP contribution in [0, 0.1) is 0 Å². The van der Waals surface area contributed by atoms with Crippen LogP contribution in [0.4, 0.5) is 0 Å². The molecule has 0 saturated heterocycles. The van der Waals surface area contributed by atoms with E-state index in [1.165, 1.54) is 244 Å². The predicted molar refractivity (Wildman–Crippen MR) is 344 cm³/mol. The van der Waals surface area contributed by atoms with Crippen LogP contribution in [0.15, 0.2) is 48.6 Å². The van der Waals surface area contributed by atoms with Crippen LogP contribution in [0.25, 0.3) is 0 Å². The summed E-state index contributed by atoms with van der Waals surface area (Å²) in [6.07, 6.45) is 85.7. The SMILES string of the molecule is CC/C=C\C/C=C\C/C=C\C/C=C\CCCCCCC(=O)OCC(COC(=O)CCCCCCCCCCCCCCCCCCCCCCCC)OC(=O)CCCCCCCCCCCCCCCCCCCCCCCC. The van der Waals surface area contributed by atoms with Gasteiger partial charge in [-0.15, -0.1) is 0 Å². The third-order valence-corrected chi connectivity index (χ3v) is 15.8. The van der Waals surface area contributed by atoms with Crippen LogP contribution in [-0.2, 0) is 28.6 Å². The quantitative estimate of drug-likeness (QED) is 0.0261. The number of unbranched alkanes of at least 4 members (excludes halogenated alkanes) is 46. The molecule has 0 aromatic rings. The van der Waals surface area contributed by atoms with Gasteiger partial charge in [-0.05, 0) is 57.8 Å². The van der Waals surface area contributed by atoms with Crippen molar-refractivity contribution in [1.82, 2.24) is 0 Å². The number of esters is 3. The van der Waals surface area contributed by atoms with Crippen LogP contribution in [0.1, 0.15) is 380 Å². The Morgan fingerprint density at radius 3 is 0.772 bits per heavy atom. The van der Waals surface area contributed by atoms with Gasteiger partial charge >= 0.3 is 17.9 Å². The highest BCUT2D eigenvalue weighted by molar-refractivity contribution is 5.71. The summed E-state index contributed by atoms with van der Waals surface area (Å²) in [6.45, 7) is 6.59. The first-order chi connectivity index (χ1) is 39.0. The molecule has 0 aliphatic carbocycles. The van der Waals surface area contributed by atoms with E-state index in [1.54, 1.807) is 0 Å². The minimum absolute atomic E-state index is 0.0756. The molecule has 0 aromatic carbocycles. The van der Waals surface area contributed by atoms with Crippen molar-refractivity contribution >= 4 is 17.9 Å². The number of rotatable bonds is 65. The van der Waals surface area contributed by atoms with Gasteiger partial charge in [0, 0.05) is 19.3 Å². The number of carbonyl (C=O) groups is 3. The van der Waals surface area contributed by atoms with Crippen LogP contribution in [0.5, 0.6) is 0 Å². The van der Waals surface area contributed by atoms with E-state index in [0.29, 0.717) is 19.3 Å². The van der Waals surface area contributed by atoms with Crippen LogP contribution in [-0.4, -0.2) is 37.2 Å². The third kappa shape index (κ3) is 66.1. The zero-order valence-corrected chi connectivity index (χ0v) is 53.2. The summed E-state index contributed by atoms with van der Waals surface area (Å²) in [4.78, 5) is 38.5. The zero-order chi connectivity index (χ0) is 57.1. The highest BCUT2D eigenvalue weighted by atomic mass is 16.6. The fourth-order valence-corrected chi connectivity index (χ4v) is 10.6. The fourth-order valence-electron chi connectivity index (χ4n) is 10.6. The van der Waals surface area contributed by atoms with Crippen molar-refractivity contribution in [1.29, 1.82) is 0 Å². The maximum atomic E-state index is 13.0. The van der Waals surface area contributed by atoms with E-state index in [-0.39, 0.29) is 31.1 Å². The van der Waals surface area contributed by atoms with E-state index in [4.69, 9.17) is 14.2 Å². The van der Waals surface area contributed by atoms with Crippen molar-refractivity contribution < 1.29 is 28.6 Å². The van der Waals surface area contributed by atoms with Gasteiger partial charge in [0.05, 0.1) is 0 Å². The van der Waals surface area contributed by atoms with Crippen LogP contribution in [0.3, 0.4) is 0 Å². The lowest BCUT2D eigenvalue weighted by Crippen LogP contribution is -2.30. The third-order valence-electron chi connectivity index (χ3n) is 15.8. The summed E-state index contributed by atoms with van der Waals surface area (Å²) in [7, 11) is 0. The van der Waals surface area contributed by atoms with E-state index in [9.17, 15) is 14.4 Å². The van der Waals surface area contributed by atoms with Crippen molar-refractivity contribution in [2.45, 2.75) is 386 Å². The fraction of sp³-hybridized carbons (Fsp3) is 0.849. The Bertz CT molecular complexity index is 1360. The normalized spacial score (nSPS) is 12.3. The van der Waals surface area contributed by atoms with Crippen molar-refractivity contribution in [3.8, 4) is 0 Å². The maximum Gasteiger partial charge on any atom is 0.306 e. The molecule has 0 aromatic heterocycles. The molecule has 1 unspecified atom stereocenters. The molecular weight excluding hydrogens is 973 g/mol. The molecule has 6 nitrogen and oxygen atoms in total. The lowest BCUT2D eigenvalue weighted by Gasteiger charge is -2.18. The number of allylic oxidation sites excluding steroid dienone is 8. The Morgan fingerprint density at radius 1 is 0.266 bits per heavy atom. The first-order valence-corrected chi connectivity index (χ1v) is 35.1. The minimum Gasteiger partial charge on any atom is -0.462 e. The Labute approximate surface area is 492 Å². The smallest absolute Gasteiger partial charge is 0.306 e. The summed E-state index contributed by atoms with van der Waals surface area (Å²) in [6, 6.07) is 0. The van der Waals surface area contributed by atoms with E-state index >= 15 is 0 Å². The standard InChI is InChI=1S/C73H134O6/c1-4-7-10-13-16-19-22-25-28-31-33-35-37-39-42-45-48-51-54-57-60-63-66-72(75)78-69-70(68-77-71(74)65-62-59-56-53-50-47-44-41-30-27-24-21-18-15-12-9-6-3)79-73(76)67-64-61-58-55-52-49-46-43-40-38-36-34-32-29-26-23-20-17-14-11-8-5-2/h9,12,18,21,27,30,44,47,70H,4-8,10-11,13-17,19-20,22-26,28-29,31-43,45-46,48-69H2,1-3H3/b12-9-,21-18-,30-27-,47-44-. The molecule has 0 saturated carbocycles. The van der Waals surface area contributed by atoms with Crippen LogP contribution in [0.2, 0.25) is 0 Å². The predicted octanol–water partition coefficient (Wildman–Crippen LogP) is 24.1. The van der Waals surface area contributed by atoms with E-state index in [0.717, 1.165) is 96.3 Å². The molecular formula is C73H134O6. The summed E-state index contributed by atoms with van der Waals surface area (Å²) >= 11 is 0. The van der Waals surface area contributed by atoms with Crippen molar-refractivity contribution in [2.24, 2.45) is 0 Å². The van der Waals surface area contributed by atoms with E-state index < -0.39 is 6.10 Å².